The van der Waals surface area contributed by atoms with Crippen molar-refractivity contribution in [2.75, 3.05) is 19.7 Å². The largest absolute Gasteiger partial charge is 0.316 e. The Kier molecular flexibility index (Phi) is 8.68. The topological polar surface area (TPSA) is 46.6 Å². The van der Waals surface area contributed by atoms with Crippen molar-refractivity contribution in [1.82, 2.24) is 4.67 Å². The molecule has 21 heavy (non-hydrogen) atoms. The lowest BCUT2D eigenvalue weighted by atomic mass is 9.99. The van der Waals surface area contributed by atoms with Crippen LogP contribution in [0.4, 0.5) is 0 Å². The predicted octanol–water partition coefficient (Wildman–Crippen LogP) is 4.98. The molecule has 0 bridgehead atoms. The second-order valence-corrected chi connectivity index (χ2v) is 10.7. The summed E-state index contributed by atoms with van der Waals surface area (Å²) in [5, 5.41) is -0.432. The molecule has 1 saturated heterocycles. The van der Waals surface area contributed by atoms with Gasteiger partial charge < -0.3 is 4.52 Å². The quantitative estimate of drug-likeness (QED) is 0.688. The molecule has 0 aromatic rings. The van der Waals surface area contributed by atoms with E-state index in [-0.39, 0.29) is 26.1 Å². The number of nitrogens with zero attached hydrogens (tertiary/aromatic N) is 1. The summed E-state index contributed by atoms with van der Waals surface area (Å²) < 4.78 is 21.1. The Morgan fingerprint density at radius 3 is 1.81 bits per heavy atom. The highest BCUT2D eigenvalue weighted by Crippen LogP contribution is 2.62. The minimum Gasteiger partial charge on any atom is -0.316 e. The predicted molar refractivity (Wildman–Crippen MR) is 92.0 cm³/mol. The van der Waals surface area contributed by atoms with E-state index < -0.39 is 12.7 Å². The lowest BCUT2D eigenvalue weighted by Crippen LogP contribution is -2.38. The Morgan fingerprint density at radius 2 is 1.48 bits per heavy atom. The van der Waals surface area contributed by atoms with Gasteiger partial charge in [0.15, 0.2) is 0 Å². The minimum atomic E-state index is -2.92. The van der Waals surface area contributed by atoms with Crippen LogP contribution in [-0.2, 0) is 13.9 Å². The van der Waals surface area contributed by atoms with Crippen molar-refractivity contribution in [1.29, 1.82) is 0 Å². The van der Waals surface area contributed by atoms with E-state index in [1.54, 1.807) is 0 Å². The van der Waals surface area contributed by atoms with Crippen molar-refractivity contribution in [2.24, 2.45) is 5.41 Å². The van der Waals surface area contributed by atoms with Crippen LogP contribution in [0.2, 0.25) is 0 Å². The molecule has 0 N–H and O–H groups in total. The average molecular weight is 321 g/mol. The van der Waals surface area contributed by atoms with Gasteiger partial charge in [-0.15, -0.1) is 0 Å². The Morgan fingerprint density at radius 1 is 1.05 bits per heavy atom. The van der Waals surface area contributed by atoms with Gasteiger partial charge in [-0.05, 0) is 26.2 Å². The molecule has 0 radical (unpaired) electrons. The first-order valence-corrected chi connectivity index (χ1v) is 8.55. The van der Waals surface area contributed by atoms with Gasteiger partial charge in [0, 0.05) is 25.9 Å². The Bertz CT molecular complexity index is 370. The van der Waals surface area contributed by atoms with Crippen molar-refractivity contribution in [3.63, 3.8) is 0 Å². The minimum absolute atomic E-state index is 0. The second kappa shape index (κ2) is 7.89. The summed E-state index contributed by atoms with van der Waals surface area (Å²) >= 11 is 0. The van der Waals surface area contributed by atoms with E-state index >= 15 is 0 Å². The van der Waals surface area contributed by atoms with Crippen LogP contribution in [0.15, 0.2) is 0 Å². The van der Waals surface area contributed by atoms with Gasteiger partial charge in [0.25, 0.3) is 7.52 Å². The van der Waals surface area contributed by atoms with E-state index in [1.165, 1.54) is 0 Å². The molecule has 128 valence electrons. The average Bonchev–Trinajstić information content (AvgIpc) is 2.24. The molecule has 1 unspecified atom stereocenters. The third-order valence-electron chi connectivity index (χ3n) is 3.19. The molecular formula is C16H36NO3P. The highest BCUT2D eigenvalue weighted by molar-refractivity contribution is 7.58. The van der Waals surface area contributed by atoms with E-state index in [2.05, 4.69) is 20.8 Å². The number of hydrogen-bond donors (Lipinski definition) is 0. The Hall–Kier alpha value is -0.180. The van der Waals surface area contributed by atoms with Crippen LogP contribution in [0.25, 0.3) is 0 Å². The molecule has 1 heterocycles. The zero-order valence-electron chi connectivity index (χ0n) is 13.2. The van der Waals surface area contributed by atoms with Gasteiger partial charge in [-0.3, -0.25) is 9.36 Å². The van der Waals surface area contributed by atoms with Crippen molar-refractivity contribution < 1.29 is 13.9 Å². The molecule has 0 aromatic heterocycles. The maximum absolute atomic E-state index is 13.3. The second-order valence-electron chi connectivity index (χ2n) is 7.52. The van der Waals surface area contributed by atoms with Crippen LogP contribution in [-0.4, -0.2) is 35.3 Å². The number of Topliss-reactive ketones (excluding diaryl/α,β-unsaturated/α-hetero) is 1. The fourth-order valence-electron chi connectivity index (χ4n) is 1.99. The number of hydrogen-bond acceptors (Lipinski definition) is 3. The molecule has 0 spiro atoms. The monoisotopic (exact) mass is 321 g/mol. The lowest BCUT2D eigenvalue weighted by molar-refractivity contribution is -0.120. The van der Waals surface area contributed by atoms with Gasteiger partial charge in [-0.1, -0.05) is 35.6 Å². The van der Waals surface area contributed by atoms with Gasteiger partial charge in [0.2, 0.25) is 0 Å². The van der Waals surface area contributed by atoms with E-state index in [0.29, 0.717) is 32.5 Å². The van der Waals surface area contributed by atoms with Crippen LogP contribution in [0.5, 0.6) is 0 Å². The fourth-order valence-corrected chi connectivity index (χ4v) is 4.68. The summed E-state index contributed by atoms with van der Waals surface area (Å²) in [7, 11) is -2.92. The van der Waals surface area contributed by atoms with Gasteiger partial charge in [0.1, 0.15) is 5.78 Å². The summed E-state index contributed by atoms with van der Waals surface area (Å²) in [5.74, 6) is 0.257. The van der Waals surface area contributed by atoms with Gasteiger partial charge in [0.05, 0.1) is 11.8 Å². The molecule has 4 nitrogen and oxygen atoms in total. The molecule has 0 saturated carbocycles. The number of carbonyl (C=O) groups is 1. The van der Waals surface area contributed by atoms with Crippen molar-refractivity contribution in [3.05, 3.63) is 0 Å². The third-order valence-corrected chi connectivity index (χ3v) is 6.51. The molecule has 5 heteroatoms. The number of piperidine rings is 1. The zero-order chi connectivity index (χ0) is 14.9. The fraction of sp³-hybridized carbons (Fsp3) is 0.938. The summed E-state index contributed by atoms with van der Waals surface area (Å²) in [5.41, 5.74) is -0.0213. The molecule has 0 amide bonds. The smallest absolute Gasteiger partial charge is 0.277 e. The lowest BCUT2D eigenvalue weighted by Gasteiger charge is -2.41. The summed E-state index contributed by atoms with van der Waals surface area (Å²) in [6.07, 6.45) is 0.970. The van der Waals surface area contributed by atoms with Crippen molar-refractivity contribution in [3.8, 4) is 0 Å². The normalized spacial score (nSPS) is 20.2. The summed E-state index contributed by atoms with van der Waals surface area (Å²) in [6, 6.07) is 0. The van der Waals surface area contributed by atoms with Crippen molar-refractivity contribution in [2.45, 2.75) is 74.4 Å². The molecule has 1 atom stereocenters. The van der Waals surface area contributed by atoms with Crippen LogP contribution in [0.3, 0.4) is 0 Å². The molecular weight excluding hydrogens is 285 g/mol. The van der Waals surface area contributed by atoms with Crippen molar-refractivity contribution >= 4 is 13.3 Å². The van der Waals surface area contributed by atoms with Crippen LogP contribution in [0, 0.1) is 5.41 Å². The molecule has 1 rings (SSSR count). The molecule has 0 aliphatic carbocycles. The standard InChI is InChI=1S/C14H28NO3P.2CH4/c1-13(2,3)11-18-19(17,14(4,5)6)15-9-7-12(16)8-10-15;;/h7-11H2,1-6H3;2*1H4. The zero-order valence-corrected chi connectivity index (χ0v) is 14.0. The number of rotatable bonds is 3. The van der Waals surface area contributed by atoms with Crippen LogP contribution in [0.1, 0.15) is 69.2 Å². The maximum atomic E-state index is 13.3. The van der Waals surface area contributed by atoms with E-state index in [9.17, 15) is 9.36 Å². The van der Waals surface area contributed by atoms with Gasteiger partial charge in [-0.25, -0.2) is 4.67 Å². The SMILES string of the molecule is C.C.CC(C)(C)COP(=O)(N1CCC(=O)CC1)C(C)(C)C. The maximum Gasteiger partial charge on any atom is 0.277 e. The number of carbonyl (C=O) groups excluding carboxylic acids is 1. The third kappa shape index (κ3) is 6.22. The molecule has 1 fully saturated rings. The van der Waals surface area contributed by atoms with E-state index in [0.717, 1.165) is 0 Å². The first kappa shape index (κ1) is 23.1. The molecule has 1 aliphatic heterocycles. The molecule has 1 aliphatic rings. The Labute approximate surface area is 132 Å². The summed E-state index contributed by atoms with van der Waals surface area (Å²) in [6.45, 7) is 13.6. The summed E-state index contributed by atoms with van der Waals surface area (Å²) in [4.78, 5) is 11.3. The first-order valence-electron chi connectivity index (χ1n) is 6.97. The van der Waals surface area contributed by atoms with Crippen LogP contribution >= 0.6 is 7.52 Å². The van der Waals surface area contributed by atoms with E-state index in [4.69, 9.17) is 4.52 Å². The first-order chi connectivity index (χ1) is 8.46. The van der Waals surface area contributed by atoms with E-state index in [1.807, 2.05) is 25.4 Å². The Balaban J connectivity index is 0. The highest BCUT2D eigenvalue weighted by atomic mass is 31.2. The van der Waals surface area contributed by atoms with Crippen LogP contribution < -0.4 is 0 Å². The highest BCUT2D eigenvalue weighted by Gasteiger charge is 2.45. The molecule has 0 aromatic carbocycles. The number of ketones is 1. The van der Waals surface area contributed by atoms with Gasteiger partial charge >= 0.3 is 0 Å². The van der Waals surface area contributed by atoms with Gasteiger partial charge in [-0.2, -0.15) is 0 Å².